The van der Waals surface area contributed by atoms with Crippen LogP contribution < -0.4 is 15.2 Å². The lowest BCUT2D eigenvalue weighted by atomic mass is 10.1. The molecule has 0 aliphatic rings. The Hall–Kier alpha value is -3.26. The summed E-state index contributed by atoms with van der Waals surface area (Å²) < 4.78 is 11.2. The van der Waals surface area contributed by atoms with Gasteiger partial charge in [-0.2, -0.15) is 5.26 Å². The molecule has 0 heterocycles. The van der Waals surface area contributed by atoms with E-state index in [9.17, 15) is 4.79 Å². The minimum atomic E-state index is -0.744. The van der Waals surface area contributed by atoms with Crippen LogP contribution in [0, 0.1) is 18.3 Å². The van der Waals surface area contributed by atoms with Crippen molar-refractivity contribution in [1.29, 1.82) is 5.26 Å². The first-order chi connectivity index (χ1) is 11.6. The second-order valence-electron chi connectivity index (χ2n) is 5.11. The van der Waals surface area contributed by atoms with Crippen LogP contribution in [-0.4, -0.2) is 19.1 Å². The van der Waals surface area contributed by atoms with Gasteiger partial charge in [0.2, 0.25) is 0 Å². The minimum absolute atomic E-state index is 0.0878. The van der Waals surface area contributed by atoms with Gasteiger partial charge in [0.25, 0.3) is 5.91 Å². The van der Waals surface area contributed by atoms with Gasteiger partial charge in [0.1, 0.15) is 36.4 Å². The molecule has 5 heteroatoms. The number of benzene rings is 2. The van der Waals surface area contributed by atoms with Gasteiger partial charge in [-0.05, 0) is 42.8 Å². The molecule has 0 aliphatic carbocycles. The summed E-state index contributed by atoms with van der Waals surface area (Å²) in [7, 11) is 0. The molecule has 2 aromatic rings. The van der Waals surface area contributed by atoms with Crippen LogP contribution in [0.15, 0.2) is 54.1 Å². The van der Waals surface area contributed by atoms with E-state index in [0.717, 1.165) is 5.75 Å². The Bertz CT molecular complexity index is 757. The van der Waals surface area contributed by atoms with Crippen LogP contribution >= 0.6 is 0 Å². The van der Waals surface area contributed by atoms with Crippen molar-refractivity contribution < 1.29 is 14.3 Å². The normalized spacial score (nSPS) is 10.8. The summed E-state index contributed by atoms with van der Waals surface area (Å²) in [6.45, 7) is 2.87. The fraction of sp³-hybridized carbons (Fsp3) is 0.158. The van der Waals surface area contributed by atoms with Gasteiger partial charge in [-0.1, -0.05) is 29.8 Å². The number of hydrogen-bond donors (Lipinski definition) is 1. The van der Waals surface area contributed by atoms with Crippen LogP contribution in [0.3, 0.4) is 0 Å². The van der Waals surface area contributed by atoms with Crippen molar-refractivity contribution in [3.63, 3.8) is 0 Å². The number of amides is 1. The largest absolute Gasteiger partial charge is 0.490 e. The molecular weight excluding hydrogens is 304 g/mol. The average Bonchev–Trinajstić information content (AvgIpc) is 2.59. The standard InChI is InChI=1S/C19H18N2O3/c1-14-2-6-17(7-3-14)23-10-11-24-18-8-4-15(5-9-18)12-16(13-20)19(21)22/h2-9,12H,10-11H2,1H3,(H2,21,22). The van der Waals surface area contributed by atoms with E-state index in [0.29, 0.717) is 24.5 Å². The predicted molar refractivity (Wildman–Crippen MR) is 91.4 cm³/mol. The first-order valence-electron chi connectivity index (χ1n) is 7.42. The summed E-state index contributed by atoms with van der Waals surface area (Å²) >= 11 is 0. The zero-order chi connectivity index (χ0) is 17.4. The van der Waals surface area contributed by atoms with E-state index in [1.807, 2.05) is 31.2 Å². The maximum Gasteiger partial charge on any atom is 0.259 e. The van der Waals surface area contributed by atoms with Gasteiger partial charge in [0.05, 0.1) is 0 Å². The lowest BCUT2D eigenvalue weighted by molar-refractivity contribution is -0.114. The Kier molecular flexibility index (Phi) is 5.98. The van der Waals surface area contributed by atoms with E-state index < -0.39 is 5.91 Å². The van der Waals surface area contributed by atoms with Crippen molar-refractivity contribution >= 4 is 12.0 Å². The molecule has 0 radical (unpaired) electrons. The number of rotatable bonds is 7. The van der Waals surface area contributed by atoms with Crippen LogP contribution in [-0.2, 0) is 4.79 Å². The van der Waals surface area contributed by atoms with Gasteiger partial charge < -0.3 is 15.2 Å². The third-order valence-corrected chi connectivity index (χ3v) is 3.22. The van der Waals surface area contributed by atoms with Crippen molar-refractivity contribution in [2.75, 3.05) is 13.2 Å². The van der Waals surface area contributed by atoms with Crippen molar-refractivity contribution in [3.05, 3.63) is 65.2 Å². The Labute approximate surface area is 140 Å². The Morgan fingerprint density at radius 1 is 1.04 bits per heavy atom. The second kappa shape index (κ2) is 8.39. The molecule has 0 saturated heterocycles. The van der Waals surface area contributed by atoms with Gasteiger partial charge >= 0.3 is 0 Å². The molecule has 0 aromatic heterocycles. The lowest BCUT2D eigenvalue weighted by Gasteiger charge is -2.08. The molecule has 2 rings (SSSR count). The first kappa shape index (κ1) is 17.1. The van der Waals surface area contributed by atoms with Gasteiger partial charge in [0, 0.05) is 0 Å². The van der Waals surface area contributed by atoms with E-state index in [4.69, 9.17) is 20.5 Å². The number of hydrogen-bond acceptors (Lipinski definition) is 4. The van der Waals surface area contributed by atoms with Crippen molar-refractivity contribution in [3.8, 4) is 17.6 Å². The van der Waals surface area contributed by atoms with Crippen molar-refractivity contribution in [2.45, 2.75) is 6.92 Å². The Morgan fingerprint density at radius 3 is 2.00 bits per heavy atom. The Balaban J connectivity index is 1.83. The number of carbonyl (C=O) groups excluding carboxylic acids is 1. The minimum Gasteiger partial charge on any atom is -0.490 e. The van der Waals surface area contributed by atoms with Crippen LogP contribution in [0.1, 0.15) is 11.1 Å². The zero-order valence-electron chi connectivity index (χ0n) is 13.4. The SMILES string of the molecule is Cc1ccc(OCCOc2ccc(C=C(C#N)C(N)=O)cc2)cc1. The summed E-state index contributed by atoms with van der Waals surface area (Å²) in [5.41, 5.74) is 6.89. The molecular formula is C19H18N2O3. The third-order valence-electron chi connectivity index (χ3n) is 3.22. The molecule has 0 aliphatic heterocycles. The number of aryl methyl sites for hydroxylation is 1. The molecule has 0 saturated carbocycles. The van der Waals surface area contributed by atoms with Gasteiger partial charge in [-0.25, -0.2) is 0 Å². The highest BCUT2D eigenvalue weighted by Gasteiger charge is 2.03. The molecule has 122 valence electrons. The fourth-order valence-corrected chi connectivity index (χ4v) is 1.94. The molecule has 0 unspecified atom stereocenters. The zero-order valence-corrected chi connectivity index (χ0v) is 13.4. The van der Waals surface area contributed by atoms with Gasteiger partial charge in [-0.15, -0.1) is 0 Å². The third kappa shape index (κ3) is 5.18. The topological polar surface area (TPSA) is 85.3 Å². The van der Waals surface area contributed by atoms with E-state index in [2.05, 4.69) is 0 Å². The maximum absolute atomic E-state index is 11.0. The summed E-state index contributed by atoms with van der Waals surface area (Å²) in [6.07, 6.45) is 1.44. The maximum atomic E-state index is 11.0. The van der Waals surface area contributed by atoms with Crippen LogP contribution in [0.2, 0.25) is 0 Å². The highest BCUT2D eigenvalue weighted by molar-refractivity contribution is 6.00. The van der Waals surface area contributed by atoms with Crippen LogP contribution in [0.4, 0.5) is 0 Å². The summed E-state index contributed by atoms with van der Waals surface area (Å²) in [5, 5.41) is 8.81. The molecule has 2 N–H and O–H groups in total. The molecule has 0 bridgehead atoms. The first-order valence-corrected chi connectivity index (χ1v) is 7.42. The number of carbonyl (C=O) groups is 1. The van der Waals surface area contributed by atoms with Crippen LogP contribution in [0.25, 0.3) is 6.08 Å². The fourth-order valence-electron chi connectivity index (χ4n) is 1.94. The van der Waals surface area contributed by atoms with Gasteiger partial charge in [0.15, 0.2) is 0 Å². The number of ether oxygens (including phenoxy) is 2. The number of nitriles is 1. The van der Waals surface area contributed by atoms with Crippen molar-refractivity contribution in [1.82, 2.24) is 0 Å². The highest BCUT2D eigenvalue weighted by Crippen LogP contribution is 2.15. The van der Waals surface area contributed by atoms with E-state index in [1.54, 1.807) is 30.3 Å². The number of primary amides is 1. The predicted octanol–water partition coefficient (Wildman–Crippen LogP) is 2.85. The second-order valence-corrected chi connectivity index (χ2v) is 5.11. The van der Waals surface area contributed by atoms with E-state index in [-0.39, 0.29) is 5.57 Å². The quantitative estimate of drug-likeness (QED) is 0.482. The average molecular weight is 322 g/mol. The molecule has 0 fully saturated rings. The summed E-state index contributed by atoms with van der Waals surface area (Å²) in [5.74, 6) is 0.739. The molecule has 24 heavy (non-hydrogen) atoms. The molecule has 5 nitrogen and oxygen atoms in total. The van der Waals surface area contributed by atoms with Crippen molar-refractivity contribution in [2.24, 2.45) is 5.73 Å². The summed E-state index contributed by atoms with van der Waals surface area (Å²) in [6, 6.07) is 16.6. The van der Waals surface area contributed by atoms with E-state index in [1.165, 1.54) is 11.6 Å². The smallest absolute Gasteiger partial charge is 0.259 e. The highest BCUT2D eigenvalue weighted by atomic mass is 16.5. The van der Waals surface area contributed by atoms with Crippen LogP contribution in [0.5, 0.6) is 11.5 Å². The number of nitrogens with two attached hydrogens (primary N) is 1. The summed E-state index contributed by atoms with van der Waals surface area (Å²) in [4.78, 5) is 11.0. The van der Waals surface area contributed by atoms with E-state index >= 15 is 0 Å². The molecule has 2 aromatic carbocycles. The number of nitrogens with zero attached hydrogens (tertiary/aromatic N) is 1. The lowest BCUT2D eigenvalue weighted by Crippen LogP contribution is -2.12. The molecule has 0 spiro atoms. The van der Waals surface area contributed by atoms with Gasteiger partial charge in [-0.3, -0.25) is 4.79 Å². The molecule has 0 atom stereocenters. The Morgan fingerprint density at radius 2 is 1.54 bits per heavy atom. The monoisotopic (exact) mass is 322 g/mol. The molecule has 1 amide bonds.